The maximum absolute atomic E-state index is 12.1. The van der Waals surface area contributed by atoms with Crippen molar-refractivity contribution < 1.29 is 13.2 Å². The average molecular weight is 268 g/mol. The summed E-state index contributed by atoms with van der Waals surface area (Å²) in [6, 6.07) is 7.15. The molecule has 0 aromatic heterocycles. The predicted octanol–water partition coefficient (Wildman–Crippen LogP) is 2.65. The topological polar surface area (TPSA) is 51.2 Å². The van der Waals surface area contributed by atoms with Crippen molar-refractivity contribution in [3.8, 4) is 0 Å². The lowest BCUT2D eigenvalue weighted by molar-refractivity contribution is 0.0991. The number of sulfone groups is 1. The minimum absolute atomic E-state index is 0.0625. The van der Waals surface area contributed by atoms with Gasteiger partial charge in [-0.05, 0) is 25.3 Å². The molecule has 0 N–H and O–H groups in total. The largest absolute Gasteiger partial charge is 0.293 e. The minimum atomic E-state index is -3.32. The van der Waals surface area contributed by atoms with Gasteiger partial charge in [0.05, 0.1) is 5.75 Å². The van der Waals surface area contributed by atoms with E-state index in [2.05, 4.69) is 0 Å². The van der Waals surface area contributed by atoms with Gasteiger partial charge in [0, 0.05) is 5.56 Å². The third-order valence-electron chi connectivity index (χ3n) is 3.04. The van der Waals surface area contributed by atoms with Crippen LogP contribution in [0.4, 0.5) is 0 Å². The summed E-state index contributed by atoms with van der Waals surface area (Å²) in [4.78, 5) is 12.1. The molecule has 0 spiro atoms. The zero-order valence-corrected chi connectivity index (χ0v) is 12.0. The van der Waals surface area contributed by atoms with Crippen molar-refractivity contribution in [2.24, 2.45) is 0 Å². The maximum Gasteiger partial charge on any atom is 0.180 e. The monoisotopic (exact) mass is 268 g/mol. The molecule has 0 saturated heterocycles. The van der Waals surface area contributed by atoms with Crippen LogP contribution < -0.4 is 0 Å². The zero-order valence-electron chi connectivity index (χ0n) is 11.1. The predicted molar refractivity (Wildman–Crippen MR) is 73.7 cm³/mol. The molecule has 0 bridgehead atoms. The number of ketones is 1. The number of hydrogen-bond acceptors (Lipinski definition) is 3. The van der Waals surface area contributed by atoms with Crippen molar-refractivity contribution in [1.82, 2.24) is 0 Å². The third kappa shape index (κ3) is 3.42. The van der Waals surface area contributed by atoms with E-state index in [9.17, 15) is 13.2 Å². The highest BCUT2D eigenvalue weighted by atomic mass is 32.2. The minimum Gasteiger partial charge on any atom is -0.293 e. The van der Waals surface area contributed by atoms with Gasteiger partial charge in [-0.2, -0.15) is 0 Å². The van der Waals surface area contributed by atoms with Crippen LogP contribution in [0.3, 0.4) is 0 Å². The van der Waals surface area contributed by atoms with Gasteiger partial charge < -0.3 is 0 Å². The van der Waals surface area contributed by atoms with Gasteiger partial charge >= 0.3 is 0 Å². The van der Waals surface area contributed by atoms with Gasteiger partial charge in [0.25, 0.3) is 0 Å². The van der Waals surface area contributed by atoms with Crippen molar-refractivity contribution in [2.75, 3.05) is 5.75 Å². The standard InChI is InChI=1S/C14H20O3S/c1-4-10-18(16,17)11(3)14(15)13-8-6-12(5-2)7-9-13/h6-9,11H,4-5,10H2,1-3H3. The van der Waals surface area contributed by atoms with Crippen LogP contribution in [0.15, 0.2) is 24.3 Å². The summed E-state index contributed by atoms with van der Waals surface area (Å²) in [5, 5.41) is -0.954. The van der Waals surface area contributed by atoms with Crippen molar-refractivity contribution in [3.63, 3.8) is 0 Å². The summed E-state index contributed by atoms with van der Waals surface area (Å²) in [5.41, 5.74) is 1.61. The van der Waals surface area contributed by atoms with Gasteiger partial charge in [-0.15, -0.1) is 0 Å². The van der Waals surface area contributed by atoms with E-state index in [0.29, 0.717) is 12.0 Å². The molecule has 0 saturated carbocycles. The molecule has 1 rings (SSSR count). The van der Waals surface area contributed by atoms with Gasteiger partial charge in [0.15, 0.2) is 15.6 Å². The second kappa shape index (κ2) is 6.14. The van der Waals surface area contributed by atoms with Gasteiger partial charge in [0.2, 0.25) is 0 Å². The molecule has 0 aliphatic carbocycles. The second-order valence-corrected chi connectivity index (χ2v) is 6.87. The van der Waals surface area contributed by atoms with Crippen molar-refractivity contribution in [3.05, 3.63) is 35.4 Å². The summed E-state index contributed by atoms with van der Waals surface area (Å²) >= 11 is 0. The van der Waals surface area contributed by atoms with E-state index in [-0.39, 0.29) is 11.5 Å². The van der Waals surface area contributed by atoms with Crippen LogP contribution in [-0.2, 0) is 16.3 Å². The normalized spacial score (nSPS) is 13.3. The highest BCUT2D eigenvalue weighted by Crippen LogP contribution is 2.13. The number of carbonyl (C=O) groups is 1. The van der Waals surface area contributed by atoms with E-state index in [0.717, 1.165) is 12.0 Å². The van der Waals surface area contributed by atoms with Crippen LogP contribution >= 0.6 is 0 Å². The number of aryl methyl sites for hydroxylation is 1. The van der Waals surface area contributed by atoms with Crippen molar-refractivity contribution >= 4 is 15.6 Å². The van der Waals surface area contributed by atoms with Crippen LogP contribution in [0.1, 0.15) is 43.1 Å². The lowest BCUT2D eigenvalue weighted by atomic mass is 10.1. The van der Waals surface area contributed by atoms with Crippen molar-refractivity contribution in [1.29, 1.82) is 0 Å². The van der Waals surface area contributed by atoms with Crippen LogP contribution in [0.2, 0.25) is 0 Å². The number of Topliss-reactive ketones (excluding diaryl/α,β-unsaturated/α-hetero) is 1. The molecule has 1 unspecified atom stereocenters. The molecule has 0 aliphatic heterocycles. The van der Waals surface area contributed by atoms with Crippen LogP contribution in [0.5, 0.6) is 0 Å². The molecule has 3 nitrogen and oxygen atoms in total. The summed E-state index contributed by atoms with van der Waals surface area (Å²) < 4.78 is 23.7. The SMILES string of the molecule is CCCS(=O)(=O)C(C)C(=O)c1ccc(CC)cc1. The van der Waals surface area contributed by atoms with Gasteiger partial charge in [0.1, 0.15) is 5.25 Å². The molecule has 1 atom stereocenters. The second-order valence-electron chi connectivity index (χ2n) is 4.42. The molecule has 0 fully saturated rings. The molecule has 1 aromatic rings. The van der Waals surface area contributed by atoms with E-state index in [4.69, 9.17) is 0 Å². The molecular weight excluding hydrogens is 248 g/mol. The lowest BCUT2D eigenvalue weighted by Crippen LogP contribution is -2.29. The zero-order chi connectivity index (χ0) is 13.8. The summed E-state index contributed by atoms with van der Waals surface area (Å²) in [7, 11) is -3.32. The first-order chi connectivity index (χ1) is 8.42. The molecule has 1 aromatic carbocycles. The molecule has 0 aliphatic rings. The first-order valence-corrected chi connectivity index (χ1v) is 7.98. The van der Waals surface area contributed by atoms with E-state index in [1.807, 2.05) is 19.1 Å². The Kier molecular flexibility index (Phi) is 5.08. The number of hydrogen-bond donors (Lipinski definition) is 0. The number of benzene rings is 1. The van der Waals surface area contributed by atoms with Gasteiger partial charge in [-0.3, -0.25) is 4.79 Å². The van der Waals surface area contributed by atoms with Crippen molar-refractivity contribution in [2.45, 2.75) is 38.9 Å². The Bertz CT molecular complexity index is 500. The maximum atomic E-state index is 12.1. The molecular formula is C14H20O3S. The van der Waals surface area contributed by atoms with E-state index in [1.165, 1.54) is 6.92 Å². The smallest absolute Gasteiger partial charge is 0.180 e. The first kappa shape index (κ1) is 14.9. The Hall–Kier alpha value is -1.16. The van der Waals surface area contributed by atoms with Crippen LogP contribution in [0, 0.1) is 0 Å². The Morgan fingerprint density at radius 3 is 2.17 bits per heavy atom. The summed E-state index contributed by atoms with van der Waals surface area (Å²) in [6.07, 6.45) is 1.44. The molecule has 100 valence electrons. The first-order valence-electron chi connectivity index (χ1n) is 6.27. The Labute approximate surface area is 109 Å². The summed E-state index contributed by atoms with van der Waals surface area (Å²) in [5.74, 6) is -0.251. The van der Waals surface area contributed by atoms with Crippen LogP contribution in [0.25, 0.3) is 0 Å². The molecule has 0 heterocycles. The fourth-order valence-electron chi connectivity index (χ4n) is 1.76. The fourth-order valence-corrected chi connectivity index (χ4v) is 3.15. The molecule has 18 heavy (non-hydrogen) atoms. The third-order valence-corrected chi connectivity index (χ3v) is 5.31. The van der Waals surface area contributed by atoms with Crippen LogP contribution in [-0.4, -0.2) is 25.2 Å². The summed E-state index contributed by atoms with van der Waals surface area (Å²) in [6.45, 7) is 5.30. The van der Waals surface area contributed by atoms with Gasteiger partial charge in [-0.25, -0.2) is 8.42 Å². The number of rotatable bonds is 6. The lowest BCUT2D eigenvalue weighted by Gasteiger charge is -2.11. The Balaban J connectivity index is 2.93. The highest BCUT2D eigenvalue weighted by molar-refractivity contribution is 7.92. The Morgan fingerprint density at radius 2 is 1.72 bits per heavy atom. The quantitative estimate of drug-likeness (QED) is 0.745. The van der Waals surface area contributed by atoms with E-state index < -0.39 is 15.1 Å². The average Bonchev–Trinajstić information content (AvgIpc) is 2.37. The molecule has 4 heteroatoms. The van der Waals surface area contributed by atoms with Gasteiger partial charge in [-0.1, -0.05) is 38.1 Å². The highest BCUT2D eigenvalue weighted by Gasteiger charge is 2.27. The fraction of sp³-hybridized carbons (Fsp3) is 0.500. The van der Waals surface area contributed by atoms with E-state index >= 15 is 0 Å². The molecule has 0 radical (unpaired) electrons. The van der Waals surface area contributed by atoms with E-state index in [1.54, 1.807) is 19.1 Å². The number of carbonyl (C=O) groups excluding carboxylic acids is 1. The molecule has 0 amide bonds. The Morgan fingerprint density at radius 1 is 1.17 bits per heavy atom.